The maximum Gasteiger partial charge on any atom is 0.149 e. The van der Waals surface area contributed by atoms with Gasteiger partial charge in [0.15, 0.2) is 0 Å². The van der Waals surface area contributed by atoms with Crippen LogP contribution in [0.25, 0.3) is 0 Å². The number of Topliss-reactive ketones (excluding diaryl/α,β-unsaturated/α-hetero) is 2. The molecule has 1 aromatic carbocycles. The number of rotatable bonds is 4. The van der Waals surface area contributed by atoms with E-state index in [0.717, 1.165) is 30.7 Å². The number of aliphatic hydroxyl groups is 2. The number of fused-ring (bicyclic) bond motifs is 3. The second kappa shape index (κ2) is 7.54. The summed E-state index contributed by atoms with van der Waals surface area (Å²) in [6, 6.07) is 7.59. The highest BCUT2D eigenvalue weighted by Crippen LogP contribution is 2.70. The number of methoxy groups -OCH3 is 1. The standard InChI is InChI=1S/C27H37NO5/c1-25(2)20-13-22(30)27-19(26(20,3)12-11-21(25)29)10-9-17(23(27)31)18(24(27)32)14-28-15-5-7-16(33-4)8-6-15/h5-8,17-20,22-23,28,30-31H,9-14H2,1-4H3/t17-,18?,19-,20+,22+,23+,26-,27+/m0/s1. The minimum absolute atomic E-state index is 0.0184. The zero-order valence-corrected chi connectivity index (χ0v) is 20.1. The first kappa shape index (κ1) is 22.9. The van der Waals surface area contributed by atoms with Crippen molar-refractivity contribution >= 4 is 17.3 Å². The molecule has 4 fully saturated rings. The molecule has 5 rings (SSSR count). The Morgan fingerprint density at radius 1 is 1.06 bits per heavy atom. The number of aliphatic hydroxyl groups excluding tert-OH is 2. The van der Waals surface area contributed by atoms with Crippen molar-refractivity contribution in [3.05, 3.63) is 24.3 Å². The van der Waals surface area contributed by atoms with E-state index in [1.807, 2.05) is 38.1 Å². The van der Waals surface area contributed by atoms with Crippen molar-refractivity contribution < 1.29 is 24.5 Å². The molecule has 4 aliphatic carbocycles. The minimum Gasteiger partial charge on any atom is -0.497 e. The van der Waals surface area contributed by atoms with Crippen molar-refractivity contribution in [1.29, 1.82) is 0 Å². The van der Waals surface area contributed by atoms with Crippen molar-refractivity contribution in [1.82, 2.24) is 0 Å². The summed E-state index contributed by atoms with van der Waals surface area (Å²) in [5, 5.41) is 26.5. The van der Waals surface area contributed by atoms with E-state index < -0.39 is 23.0 Å². The smallest absolute Gasteiger partial charge is 0.149 e. The molecule has 0 radical (unpaired) electrons. The molecule has 0 saturated heterocycles. The van der Waals surface area contributed by atoms with Crippen molar-refractivity contribution in [2.24, 2.45) is 39.9 Å². The van der Waals surface area contributed by atoms with E-state index in [1.165, 1.54) is 0 Å². The van der Waals surface area contributed by atoms with Gasteiger partial charge >= 0.3 is 0 Å². The van der Waals surface area contributed by atoms with Gasteiger partial charge in [0, 0.05) is 30.0 Å². The summed E-state index contributed by atoms with van der Waals surface area (Å²) in [5.74, 6) is 0.480. The van der Waals surface area contributed by atoms with Gasteiger partial charge in [-0.05, 0) is 73.1 Å². The summed E-state index contributed by atoms with van der Waals surface area (Å²) < 4.78 is 5.22. The zero-order chi connectivity index (χ0) is 23.8. The number of hydrogen-bond acceptors (Lipinski definition) is 6. The fourth-order valence-electron chi connectivity index (χ4n) is 8.52. The Morgan fingerprint density at radius 2 is 1.76 bits per heavy atom. The molecule has 6 heteroatoms. The molecule has 180 valence electrons. The highest BCUT2D eigenvalue weighted by molar-refractivity contribution is 5.93. The third kappa shape index (κ3) is 2.92. The van der Waals surface area contributed by atoms with Gasteiger partial charge in [0.25, 0.3) is 0 Å². The summed E-state index contributed by atoms with van der Waals surface area (Å²) in [5.41, 5.74) is -0.973. The number of benzene rings is 1. The second-order valence-electron chi connectivity index (χ2n) is 11.7. The van der Waals surface area contributed by atoms with Gasteiger partial charge in [0.2, 0.25) is 0 Å². The van der Waals surface area contributed by atoms with Gasteiger partial charge in [-0.3, -0.25) is 9.59 Å². The Kier molecular flexibility index (Phi) is 5.22. The maximum atomic E-state index is 14.1. The van der Waals surface area contributed by atoms with Crippen molar-refractivity contribution in [2.75, 3.05) is 19.0 Å². The lowest BCUT2D eigenvalue weighted by Crippen LogP contribution is -2.68. The molecule has 1 unspecified atom stereocenters. The number of carbonyl (C=O) groups excluding carboxylic acids is 2. The maximum absolute atomic E-state index is 14.1. The topological polar surface area (TPSA) is 95.9 Å². The van der Waals surface area contributed by atoms with Crippen molar-refractivity contribution in [3.63, 3.8) is 0 Å². The molecule has 0 heterocycles. The lowest BCUT2D eigenvalue weighted by atomic mass is 9.39. The molecule has 4 aliphatic rings. The predicted octanol–water partition coefficient (Wildman–Crippen LogP) is 3.46. The largest absolute Gasteiger partial charge is 0.497 e. The number of hydrogen-bond donors (Lipinski definition) is 3. The van der Waals surface area contributed by atoms with Crippen LogP contribution >= 0.6 is 0 Å². The molecule has 3 N–H and O–H groups in total. The van der Waals surface area contributed by atoms with Gasteiger partial charge in [0.05, 0.1) is 24.7 Å². The Morgan fingerprint density at radius 3 is 2.42 bits per heavy atom. The lowest BCUT2D eigenvalue weighted by Gasteiger charge is -2.64. The van der Waals surface area contributed by atoms with Gasteiger partial charge in [-0.25, -0.2) is 0 Å². The van der Waals surface area contributed by atoms with Crippen LogP contribution in [-0.4, -0.2) is 47.6 Å². The molecule has 33 heavy (non-hydrogen) atoms. The first-order valence-electron chi connectivity index (χ1n) is 12.4. The summed E-state index contributed by atoms with van der Waals surface area (Å²) in [7, 11) is 1.63. The van der Waals surface area contributed by atoms with E-state index in [9.17, 15) is 19.8 Å². The highest BCUT2D eigenvalue weighted by atomic mass is 16.5. The van der Waals surface area contributed by atoms with Gasteiger partial charge in [0.1, 0.15) is 17.3 Å². The monoisotopic (exact) mass is 455 g/mol. The summed E-state index contributed by atoms with van der Waals surface area (Å²) in [4.78, 5) is 26.8. The van der Waals surface area contributed by atoms with Crippen LogP contribution in [0.3, 0.4) is 0 Å². The number of anilines is 1. The summed E-state index contributed by atoms with van der Waals surface area (Å²) in [6.07, 6.45) is 1.50. The quantitative estimate of drug-likeness (QED) is 0.644. The van der Waals surface area contributed by atoms with Crippen LogP contribution in [0.4, 0.5) is 5.69 Å². The molecule has 2 bridgehead atoms. The third-order valence-electron chi connectivity index (χ3n) is 10.2. The molecule has 1 spiro atoms. The Hall–Kier alpha value is -1.92. The van der Waals surface area contributed by atoms with Crippen LogP contribution in [0.15, 0.2) is 24.3 Å². The van der Waals surface area contributed by atoms with Crippen LogP contribution < -0.4 is 10.1 Å². The molecular weight excluding hydrogens is 418 g/mol. The lowest BCUT2D eigenvalue weighted by molar-refractivity contribution is -0.222. The highest BCUT2D eigenvalue weighted by Gasteiger charge is 2.75. The van der Waals surface area contributed by atoms with E-state index in [-0.39, 0.29) is 40.7 Å². The molecule has 6 nitrogen and oxygen atoms in total. The SMILES string of the molecule is COc1ccc(NCC2C(=O)[C@@]34[C@H](O)C[C@@H]5C(C)(C)C(=O)CC[C@@]5(C)[C@@H]3CC[C@@H]2[C@H]4O)cc1. The van der Waals surface area contributed by atoms with Crippen LogP contribution in [0.1, 0.15) is 52.9 Å². The minimum atomic E-state index is -1.11. The van der Waals surface area contributed by atoms with Crippen LogP contribution in [0.2, 0.25) is 0 Å². The predicted molar refractivity (Wildman–Crippen MR) is 125 cm³/mol. The normalized spacial score (nSPS) is 43.6. The molecule has 4 saturated carbocycles. The van der Waals surface area contributed by atoms with E-state index >= 15 is 0 Å². The molecule has 0 amide bonds. The summed E-state index contributed by atoms with van der Waals surface area (Å²) in [6.45, 7) is 6.66. The second-order valence-corrected chi connectivity index (χ2v) is 11.7. The molecule has 8 atom stereocenters. The number of nitrogens with one attached hydrogen (secondary N) is 1. The molecule has 0 aliphatic heterocycles. The van der Waals surface area contributed by atoms with E-state index in [4.69, 9.17) is 4.74 Å². The van der Waals surface area contributed by atoms with Crippen LogP contribution in [-0.2, 0) is 9.59 Å². The van der Waals surface area contributed by atoms with Crippen LogP contribution in [0.5, 0.6) is 5.75 Å². The van der Waals surface area contributed by atoms with Gasteiger partial charge in [-0.2, -0.15) is 0 Å². The van der Waals surface area contributed by atoms with Crippen molar-refractivity contribution in [3.8, 4) is 5.75 Å². The van der Waals surface area contributed by atoms with E-state index in [0.29, 0.717) is 19.4 Å². The summed E-state index contributed by atoms with van der Waals surface area (Å²) >= 11 is 0. The Balaban J connectivity index is 1.45. The average Bonchev–Trinajstić information content (AvgIpc) is 2.91. The Bertz CT molecular complexity index is 958. The van der Waals surface area contributed by atoms with E-state index in [1.54, 1.807) is 7.11 Å². The van der Waals surface area contributed by atoms with E-state index in [2.05, 4.69) is 12.2 Å². The number of carbonyl (C=O) groups is 2. The number of ether oxygens (including phenoxy) is 1. The van der Waals surface area contributed by atoms with Gasteiger partial charge in [-0.1, -0.05) is 20.8 Å². The third-order valence-corrected chi connectivity index (χ3v) is 10.2. The Labute approximate surface area is 196 Å². The average molecular weight is 456 g/mol. The first-order valence-corrected chi connectivity index (χ1v) is 12.4. The fraction of sp³-hybridized carbons (Fsp3) is 0.704. The van der Waals surface area contributed by atoms with Gasteiger partial charge in [-0.15, -0.1) is 0 Å². The number of ketones is 2. The van der Waals surface area contributed by atoms with Crippen molar-refractivity contribution in [2.45, 2.75) is 65.1 Å². The molecule has 0 aromatic heterocycles. The fourth-order valence-corrected chi connectivity index (χ4v) is 8.52. The zero-order valence-electron chi connectivity index (χ0n) is 20.1. The molecular formula is C27H37NO5. The first-order chi connectivity index (χ1) is 15.6. The molecule has 1 aromatic rings. The van der Waals surface area contributed by atoms with Crippen LogP contribution in [0, 0.1) is 39.9 Å². The van der Waals surface area contributed by atoms with Gasteiger partial charge < -0.3 is 20.3 Å².